The third-order valence-corrected chi connectivity index (χ3v) is 6.07. The second-order valence-electron chi connectivity index (χ2n) is 7.55. The normalized spacial score (nSPS) is 14.3. The molecule has 1 saturated heterocycles. The Bertz CT molecular complexity index is 1030. The standard InChI is InChI=1S/C24H27N5O2S/c1-2-12-28-13-15-29(16-14-28)21-11-7-6-10-20(21)25-22(30)18-32-24-27-26-23(31-24)17-19-8-4-3-5-9-19/h2-11H,1,12-18H2,(H,25,30). The summed E-state index contributed by atoms with van der Waals surface area (Å²) in [6, 6.07) is 17.9. The lowest BCUT2D eigenvalue weighted by molar-refractivity contribution is -0.113. The van der Waals surface area contributed by atoms with Crippen molar-refractivity contribution in [2.45, 2.75) is 11.6 Å². The molecule has 3 aromatic rings. The number of benzene rings is 2. The Morgan fingerprint density at radius 2 is 1.81 bits per heavy atom. The highest BCUT2D eigenvalue weighted by Gasteiger charge is 2.19. The molecule has 0 aliphatic carbocycles. The first-order valence-electron chi connectivity index (χ1n) is 10.7. The number of hydrogen-bond acceptors (Lipinski definition) is 7. The number of anilines is 2. The minimum absolute atomic E-state index is 0.101. The number of carbonyl (C=O) groups is 1. The van der Waals surface area contributed by atoms with Crippen molar-refractivity contribution in [3.05, 3.63) is 78.7 Å². The molecule has 1 fully saturated rings. The zero-order chi connectivity index (χ0) is 22.2. The topological polar surface area (TPSA) is 74.5 Å². The highest BCUT2D eigenvalue weighted by Crippen LogP contribution is 2.27. The molecule has 166 valence electrons. The molecular weight excluding hydrogens is 422 g/mol. The number of amides is 1. The summed E-state index contributed by atoms with van der Waals surface area (Å²) in [5.74, 6) is 0.643. The number of aromatic nitrogens is 2. The predicted molar refractivity (Wildman–Crippen MR) is 128 cm³/mol. The highest BCUT2D eigenvalue weighted by molar-refractivity contribution is 7.99. The van der Waals surface area contributed by atoms with Gasteiger partial charge in [0.25, 0.3) is 5.22 Å². The fourth-order valence-electron chi connectivity index (χ4n) is 3.66. The fourth-order valence-corrected chi connectivity index (χ4v) is 4.24. The lowest BCUT2D eigenvalue weighted by Crippen LogP contribution is -2.46. The number of piperazine rings is 1. The van der Waals surface area contributed by atoms with E-state index in [4.69, 9.17) is 4.42 Å². The van der Waals surface area contributed by atoms with Crippen LogP contribution in [-0.4, -0.2) is 59.5 Å². The van der Waals surface area contributed by atoms with Crippen LogP contribution in [0.4, 0.5) is 11.4 Å². The molecule has 7 nitrogen and oxygen atoms in total. The molecule has 0 bridgehead atoms. The molecule has 8 heteroatoms. The van der Waals surface area contributed by atoms with Crippen LogP contribution in [0.15, 0.2) is 76.9 Å². The Kier molecular flexibility index (Phi) is 7.58. The van der Waals surface area contributed by atoms with Gasteiger partial charge < -0.3 is 14.6 Å². The summed E-state index contributed by atoms with van der Waals surface area (Å²) in [6.45, 7) is 8.52. The lowest BCUT2D eigenvalue weighted by atomic mass is 10.2. The zero-order valence-electron chi connectivity index (χ0n) is 17.9. The van der Waals surface area contributed by atoms with Crippen molar-refractivity contribution in [2.75, 3.05) is 48.7 Å². The molecule has 32 heavy (non-hydrogen) atoms. The Hall–Kier alpha value is -3.10. The van der Waals surface area contributed by atoms with E-state index in [2.05, 4.69) is 38.0 Å². The van der Waals surface area contributed by atoms with Gasteiger partial charge in [-0.25, -0.2) is 0 Å². The maximum Gasteiger partial charge on any atom is 0.277 e. The summed E-state index contributed by atoms with van der Waals surface area (Å²) < 4.78 is 5.68. The van der Waals surface area contributed by atoms with Crippen molar-refractivity contribution in [3.8, 4) is 0 Å². The molecule has 2 heterocycles. The second kappa shape index (κ2) is 11.0. The first kappa shape index (κ1) is 22.1. The van der Waals surface area contributed by atoms with E-state index in [1.54, 1.807) is 0 Å². The van der Waals surface area contributed by atoms with E-state index >= 15 is 0 Å². The van der Waals surface area contributed by atoms with Crippen LogP contribution in [0.5, 0.6) is 0 Å². The molecular formula is C24H27N5O2S. The molecule has 4 rings (SSSR count). The minimum atomic E-state index is -0.101. The largest absolute Gasteiger partial charge is 0.416 e. The van der Waals surface area contributed by atoms with Crippen molar-refractivity contribution in [2.24, 2.45) is 0 Å². The van der Waals surface area contributed by atoms with E-state index < -0.39 is 0 Å². The maximum absolute atomic E-state index is 12.6. The number of rotatable bonds is 9. The second-order valence-corrected chi connectivity index (χ2v) is 8.48. The van der Waals surface area contributed by atoms with Crippen LogP contribution in [0.3, 0.4) is 0 Å². The van der Waals surface area contributed by atoms with Gasteiger partial charge in [0.2, 0.25) is 11.8 Å². The van der Waals surface area contributed by atoms with Crippen LogP contribution in [0.1, 0.15) is 11.5 Å². The zero-order valence-corrected chi connectivity index (χ0v) is 18.8. The van der Waals surface area contributed by atoms with Gasteiger partial charge in [0, 0.05) is 32.7 Å². The summed E-state index contributed by atoms with van der Waals surface area (Å²) >= 11 is 1.24. The molecule has 1 N–H and O–H groups in total. The molecule has 2 aromatic carbocycles. The molecule has 0 saturated carbocycles. The number of hydrogen-bond donors (Lipinski definition) is 1. The summed E-state index contributed by atoms with van der Waals surface area (Å²) in [5.41, 5.74) is 2.98. The van der Waals surface area contributed by atoms with Gasteiger partial charge in [0.15, 0.2) is 0 Å². The monoisotopic (exact) mass is 449 g/mol. The Labute approximate surface area is 192 Å². The van der Waals surface area contributed by atoms with Crippen LogP contribution in [0.2, 0.25) is 0 Å². The van der Waals surface area contributed by atoms with Crippen LogP contribution in [0.25, 0.3) is 0 Å². The van der Waals surface area contributed by atoms with Crippen molar-refractivity contribution >= 4 is 29.0 Å². The summed E-state index contributed by atoms with van der Waals surface area (Å²) in [4.78, 5) is 17.3. The van der Waals surface area contributed by atoms with Gasteiger partial charge >= 0.3 is 0 Å². The van der Waals surface area contributed by atoms with Gasteiger partial charge in [0.05, 0.1) is 23.5 Å². The third-order valence-electron chi connectivity index (χ3n) is 5.25. The molecule has 0 atom stereocenters. The summed E-state index contributed by atoms with van der Waals surface area (Å²) in [6.07, 6.45) is 2.52. The maximum atomic E-state index is 12.6. The van der Waals surface area contributed by atoms with Crippen molar-refractivity contribution in [1.82, 2.24) is 15.1 Å². The van der Waals surface area contributed by atoms with Gasteiger partial charge in [-0.2, -0.15) is 0 Å². The minimum Gasteiger partial charge on any atom is -0.416 e. The lowest BCUT2D eigenvalue weighted by Gasteiger charge is -2.36. The van der Waals surface area contributed by atoms with Gasteiger partial charge in [0.1, 0.15) is 0 Å². The molecule has 0 spiro atoms. The van der Waals surface area contributed by atoms with E-state index in [0.29, 0.717) is 17.5 Å². The average molecular weight is 450 g/mol. The van der Waals surface area contributed by atoms with E-state index in [1.165, 1.54) is 11.8 Å². The number of carbonyl (C=O) groups excluding carboxylic acids is 1. The molecule has 1 aliphatic rings. The number of nitrogens with zero attached hydrogens (tertiary/aromatic N) is 4. The van der Waals surface area contributed by atoms with Crippen molar-refractivity contribution in [1.29, 1.82) is 0 Å². The molecule has 0 radical (unpaired) electrons. The van der Waals surface area contributed by atoms with Gasteiger partial charge in [-0.05, 0) is 17.7 Å². The van der Waals surface area contributed by atoms with E-state index in [1.807, 2.05) is 54.6 Å². The fraction of sp³-hybridized carbons (Fsp3) is 0.292. The summed E-state index contributed by atoms with van der Waals surface area (Å²) in [7, 11) is 0. The van der Waals surface area contributed by atoms with Gasteiger partial charge in [-0.3, -0.25) is 9.69 Å². The van der Waals surface area contributed by atoms with Crippen LogP contribution < -0.4 is 10.2 Å². The van der Waals surface area contributed by atoms with E-state index in [0.717, 1.165) is 49.7 Å². The summed E-state index contributed by atoms with van der Waals surface area (Å²) in [5, 5.41) is 11.6. The van der Waals surface area contributed by atoms with Gasteiger partial charge in [-0.15, -0.1) is 16.8 Å². The van der Waals surface area contributed by atoms with Gasteiger partial charge in [-0.1, -0.05) is 60.3 Å². The third kappa shape index (κ3) is 5.99. The van der Waals surface area contributed by atoms with Crippen LogP contribution >= 0.6 is 11.8 Å². The highest BCUT2D eigenvalue weighted by atomic mass is 32.2. The van der Waals surface area contributed by atoms with Crippen LogP contribution in [-0.2, 0) is 11.2 Å². The smallest absolute Gasteiger partial charge is 0.277 e. The van der Waals surface area contributed by atoms with Crippen molar-refractivity contribution < 1.29 is 9.21 Å². The number of nitrogens with one attached hydrogen (secondary N) is 1. The molecule has 1 amide bonds. The Balaban J connectivity index is 1.30. The van der Waals surface area contributed by atoms with Crippen LogP contribution in [0, 0.1) is 0 Å². The van der Waals surface area contributed by atoms with Crippen molar-refractivity contribution in [3.63, 3.8) is 0 Å². The molecule has 1 aromatic heterocycles. The average Bonchev–Trinajstić information content (AvgIpc) is 3.27. The Morgan fingerprint density at radius 3 is 2.59 bits per heavy atom. The Morgan fingerprint density at radius 1 is 1.06 bits per heavy atom. The SMILES string of the molecule is C=CCN1CCN(c2ccccc2NC(=O)CSc2nnc(Cc3ccccc3)o2)CC1. The van der Waals surface area contributed by atoms with E-state index in [-0.39, 0.29) is 11.7 Å². The number of thioether (sulfide) groups is 1. The predicted octanol–water partition coefficient (Wildman–Crippen LogP) is 3.70. The first-order valence-corrected chi connectivity index (χ1v) is 11.7. The quantitative estimate of drug-likeness (QED) is 0.394. The molecule has 0 unspecified atom stereocenters. The molecule has 1 aliphatic heterocycles. The first-order chi connectivity index (χ1) is 15.7. The van der Waals surface area contributed by atoms with E-state index in [9.17, 15) is 4.79 Å². The number of para-hydroxylation sites is 2.